The molecule has 1 N–H and O–H groups in total. The summed E-state index contributed by atoms with van der Waals surface area (Å²) in [5.74, 6) is 0.965. The van der Waals surface area contributed by atoms with Gasteiger partial charge in [0.25, 0.3) is 5.69 Å². The van der Waals surface area contributed by atoms with Gasteiger partial charge in [0, 0.05) is 17.2 Å². The number of ether oxygens (including phenoxy) is 1. The van der Waals surface area contributed by atoms with Crippen LogP contribution in [0.5, 0.6) is 11.5 Å². The molecule has 0 radical (unpaired) electrons. The number of phenolic OH excluding ortho intramolecular Hbond substituents is 1. The fourth-order valence-corrected chi connectivity index (χ4v) is 3.32. The van der Waals surface area contributed by atoms with Crippen LogP contribution in [0.2, 0.25) is 0 Å². The maximum Gasteiger partial charge on any atom is 0.277 e. The van der Waals surface area contributed by atoms with Crippen LogP contribution in [0.25, 0.3) is 11.1 Å². The molecule has 5 nitrogen and oxygen atoms in total. The molecule has 3 rings (SSSR count). The third-order valence-electron chi connectivity index (χ3n) is 4.23. The summed E-state index contributed by atoms with van der Waals surface area (Å²) in [5, 5.41) is 21.6. The minimum absolute atomic E-state index is 0.0354. The summed E-state index contributed by atoms with van der Waals surface area (Å²) < 4.78 is 6.03. The topological polar surface area (TPSA) is 72.6 Å². The summed E-state index contributed by atoms with van der Waals surface area (Å²) in [7, 11) is 0. The Labute approximate surface area is 134 Å². The predicted molar refractivity (Wildman–Crippen MR) is 87.9 cm³/mol. The highest BCUT2D eigenvalue weighted by Crippen LogP contribution is 2.46. The predicted octanol–water partition coefficient (Wildman–Crippen LogP) is 4.63. The van der Waals surface area contributed by atoms with Gasteiger partial charge in [-0.2, -0.15) is 0 Å². The Kier molecular flexibility index (Phi) is 3.51. The van der Waals surface area contributed by atoms with Gasteiger partial charge in [0.1, 0.15) is 17.1 Å². The number of nitrogens with zero attached hydrogens (tertiary/aromatic N) is 1. The SMILES string of the molecule is CC1CC(C)(C)Oc2cc(-c3ccccc3[N+](=O)[O-])c(O)cc21. The first kappa shape index (κ1) is 15.3. The lowest BCUT2D eigenvalue weighted by molar-refractivity contribution is -0.384. The third-order valence-corrected chi connectivity index (χ3v) is 4.23. The molecule has 1 atom stereocenters. The van der Waals surface area contributed by atoms with E-state index < -0.39 is 4.92 Å². The Morgan fingerprint density at radius 2 is 1.96 bits per heavy atom. The number of phenols is 1. The van der Waals surface area contributed by atoms with E-state index in [1.807, 2.05) is 13.8 Å². The minimum atomic E-state index is -0.443. The zero-order valence-corrected chi connectivity index (χ0v) is 13.4. The lowest BCUT2D eigenvalue weighted by Gasteiger charge is -2.36. The minimum Gasteiger partial charge on any atom is -0.507 e. The number of hydrogen-bond acceptors (Lipinski definition) is 4. The van der Waals surface area contributed by atoms with Crippen LogP contribution < -0.4 is 4.74 Å². The second-order valence-electron chi connectivity index (χ2n) is 6.65. The molecular weight excluding hydrogens is 294 g/mol. The zero-order valence-electron chi connectivity index (χ0n) is 13.4. The van der Waals surface area contributed by atoms with Gasteiger partial charge in [-0.05, 0) is 44.4 Å². The molecular formula is C18H19NO4. The number of benzene rings is 2. The Morgan fingerprint density at radius 3 is 2.65 bits per heavy atom. The van der Waals surface area contributed by atoms with Crippen molar-refractivity contribution in [3.8, 4) is 22.6 Å². The van der Waals surface area contributed by atoms with Gasteiger partial charge in [0.15, 0.2) is 0 Å². The van der Waals surface area contributed by atoms with Crippen LogP contribution in [-0.2, 0) is 0 Å². The molecule has 0 aliphatic carbocycles. The smallest absolute Gasteiger partial charge is 0.277 e. The molecule has 5 heteroatoms. The Balaban J connectivity index is 2.18. The van der Waals surface area contributed by atoms with Gasteiger partial charge < -0.3 is 9.84 Å². The van der Waals surface area contributed by atoms with Crippen molar-refractivity contribution in [3.05, 3.63) is 52.1 Å². The van der Waals surface area contributed by atoms with E-state index in [0.29, 0.717) is 16.9 Å². The number of rotatable bonds is 2. The Morgan fingerprint density at radius 1 is 1.26 bits per heavy atom. The third kappa shape index (κ3) is 2.74. The first-order valence-corrected chi connectivity index (χ1v) is 7.58. The Hall–Kier alpha value is -2.56. The molecule has 0 saturated carbocycles. The summed E-state index contributed by atoms with van der Waals surface area (Å²) in [6, 6.07) is 9.78. The maximum atomic E-state index is 11.2. The normalized spacial score (nSPS) is 18.8. The van der Waals surface area contributed by atoms with Crippen molar-refractivity contribution in [2.24, 2.45) is 0 Å². The molecule has 0 amide bonds. The fraction of sp³-hybridized carbons (Fsp3) is 0.333. The molecule has 23 heavy (non-hydrogen) atoms. The largest absolute Gasteiger partial charge is 0.507 e. The van der Waals surface area contributed by atoms with Crippen molar-refractivity contribution in [1.82, 2.24) is 0 Å². The highest BCUT2D eigenvalue weighted by molar-refractivity contribution is 5.79. The van der Waals surface area contributed by atoms with Crippen molar-refractivity contribution >= 4 is 5.69 Å². The maximum absolute atomic E-state index is 11.2. The van der Waals surface area contributed by atoms with Crippen LogP contribution in [0.3, 0.4) is 0 Å². The molecule has 1 unspecified atom stereocenters. The average molecular weight is 313 g/mol. The van der Waals surface area contributed by atoms with Crippen LogP contribution in [-0.4, -0.2) is 15.6 Å². The zero-order chi connectivity index (χ0) is 16.8. The van der Waals surface area contributed by atoms with E-state index in [0.717, 1.165) is 12.0 Å². The molecule has 0 aromatic heterocycles. The highest BCUT2D eigenvalue weighted by Gasteiger charge is 2.33. The summed E-state index contributed by atoms with van der Waals surface area (Å²) in [4.78, 5) is 10.8. The number of fused-ring (bicyclic) bond motifs is 1. The lowest BCUT2D eigenvalue weighted by Crippen LogP contribution is -2.34. The second-order valence-corrected chi connectivity index (χ2v) is 6.65. The fourth-order valence-electron chi connectivity index (χ4n) is 3.32. The molecule has 1 aliphatic rings. The monoisotopic (exact) mass is 313 g/mol. The van der Waals surface area contributed by atoms with Gasteiger partial charge in [-0.3, -0.25) is 10.1 Å². The molecule has 0 fully saturated rings. The number of nitro groups is 1. The molecule has 0 bridgehead atoms. The van der Waals surface area contributed by atoms with Crippen molar-refractivity contribution < 1.29 is 14.8 Å². The van der Waals surface area contributed by atoms with Crippen molar-refractivity contribution in [3.63, 3.8) is 0 Å². The first-order valence-electron chi connectivity index (χ1n) is 7.58. The van der Waals surface area contributed by atoms with Gasteiger partial charge in [-0.15, -0.1) is 0 Å². The molecule has 2 aromatic rings. The molecule has 2 aromatic carbocycles. The van der Waals surface area contributed by atoms with Crippen molar-refractivity contribution in [2.75, 3.05) is 0 Å². The summed E-state index contributed by atoms with van der Waals surface area (Å²) in [6.07, 6.45) is 0.851. The summed E-state index contributed by atoms with van der Waals surface area (Å²) in [5.41, 5.74) is 1.40. The van der Waals surface area contributed by atoms with E-state index in [4.69, 9.17) is 4.74 Å². The van der Waals surface area contributed by atoms with E-state index in [1.165, 1.54) is 6.07 Å². The number of para-hydroxylation sites is 1. The number of nitro benzene ring substituents is 1. The van der Waals surface area contributed by atoms with Crippen LogP contribution >= 0.6 is 0 Å². The molecule has 0 spiro atoms. The van der Waals surface area contributed by atoms with Gasteiger partial charge >= 0.3 is 0 Å². The molecule has 0 saturated heterocycles. The van der Waals surface area contributed by atoms with Gasteiger partial charge in [-0.25, -0.2) is 0 Å². The van der Waals surface area contributed by atoms with Crippen LogP contribution in [0.1, 0.15) is 38.7 Å². The molecule has 1 heterocycles. The standard InChI is InChI=1S/C18H19NO4/c1-11-10-18(2,3)23-17-9-14(16(20)8-13(11)17)12-6-4-5-7-15(12)19(21)22/h4-9,11,20H,10H2,1-3H3. The highest BCUT2D eigenvalue weighted by atomic mass is 16.6. The number of aromatic hydroxyl groups is 1. The second kappa shape index (κ2) is 5.26. The van der Waals surface area contributed by atoms with E-state index in [1.54, 1.807) is 30.3 Å². The summed E-state index contributed by atoms with van der Waals surface area (Å²) in [6.45, 7) is 6.13. The van der Waals surface area contributed by atoms with Gasteiger partial charge in [0.2, 0.25) is 0 Å². The molecule has 1 aliphatic heterocycles. The van der Waals surface area contributed by atoms with E-state index in [-0.39, 0.29) is 23.0 Å². The van der Waals surface area contributed by atoms with Crippen LogP contribution in [0.15, 0.2) is 36.4 Å². The van der Waals surface area contributed by atoms with Crippen molar-refractivity contribution in [1.29, 1.82) is 0 Å². The van der Waals surface area contributed by atoms with Crippen LogP contribution in [0, 0.1) is 10.1 Å². The summed E-state index contributed by atoms with van der Waals surface area (Å²) >= 11 is 0. The molecule has 120 valence electrons. The number of hydrogen-bond donors (Lipinski definition) is 1. The quantitative estimate of drug-likeness (QED) is 0.648. The van der Waals surface area contributed by atoms with Gasteiger partial charge in [-0.1, -0.05) is 19.1 Å². The lowest BCUT2D eigenvalue weighted by atomic mass is 9.84. The van der Waals surface area contributed by atoms with Crippen LogP contribution in [0.4, 0.5) is 5.69 Å². The van der Waals surface area contributed by atoms with Crippen molar-refractivity contribution in [2.45, 2.75) is 38.7 Å². The van der Waals surface area contributed by atoms with Gasteiger partial charge in [0.05, 0.1) is 10.5 Å². The van der Waals surface area contributed by atoms with E-state index in [2.05, 4.69) is 6.92 Å². The van der Waals surface area contributed by atoms with E-state index >= 15 is 0 Å². The first-order chi connectivity index (χ1) is 10.8. The van der Waals surface area contributed by atoms with E-state index in [9.17, 15) is 15.2 Å². The average Bonchev–Trinajstić information content (AvgIpc) is 2.46. The Bertz CT molecular complexity index is 783.